The third kappa shape index (κ3) is 3.40. The van der Waals surface area contributed by atoms with Gasteiger partial charge in [-0.15, -0.1) is 0 Å². The summed E-state index contributed by atoms with van der Waals surface area (Å²) in [5.41, 5.74) is 4.73. The molecule has 0 saturated carbocycles. The van der Waals surface area contributed by atoms with E-state index in [-0.39, 0.29) is 17.4 Å². The van der Waals surface area contributed by atoms with Gasteiger partial charge in [-0.05, 0) is 56.3 Å². The van der Waals surface area contributed by atoms with Crippen molar-refractivity contribution in [1.82, 2.24) is 9.55 Å². The lowest BCUT2D eigenvalue weighted by Crippen LogP contribution is -2.05. The maximum atomic E-state index is 13.2. The second kappa shape index (κ2) is 7.04. The number of halogens is 1. The molecule has 0 fully saturated rings. The molecule has 0 saturated heterocycles. The molecule has 4 rings (SSSR count). The minimum absolute atomic E-state index is 0.00344. The second-order valence-corrected chi connectivity index (χ2v) is 7.18. The third-order valence-electron chi connectivity index (χ3n) is 4.42. The zero-order chi connectivity index (χ0) is 19.0. The Morgan fingerprint density at radius 2 is 1.89 bits per heavy atom. The van der Waals surface area contributed by atoms with E-state index in [9.17, 15) is 9.18 Å². The second-order valence-electron chi connectivity index (χ2n) is 6.26. The number of hydrogen-bond acceptors (Lipinski definition) is 4. The number of hydrogen-bond donors (Lipinski definition) is 0. The van der Waals surface area contributed by atoms with E-state index in [2.05, 4.69) is 4.98 Å². The average Bonchev–Trinajstić information content (AvgIpc) is 3.21. The first kappa shape index (κ1) is 17.5. The molecule has 0 radical (unpaired) electrons. The van der Waals surface area contributed by atoms with Gasteiger partial charge in [0, 0.05) is 22.6 Å². The molecule has 0 atom stereocenters. The van der Waals surface area contributed by atoms with Gasteiger partial charge in [-0.25, -0.2) is 9.37 Å². The van der Waals surface area contributed by atoms with E-state index in [1.54, 1.807) is 12.1 Å². The number of rotatable bonds is 5. The van der Waals surface area contributed by atoms with Crippen LogP contribution in [-0.2, 0) is 0 Å². The van der Waals surface area contributed by atoms with Crippen LogP contribution in [0, 0.1) is 19.7 Å². The van der Waals surface area contributed by atoms with Crippen molar-refractivity contribution in [3.8, 4) is 5.69 Å². The summed E-state index contributed by atoms with van der Waals surface area (Å²) in [5, 5.41) is 0.483. The van der Waals surface area contributed by atoms with Crippen LogP contribution in [0.25, 0.3) is 16.8 Å². The first-order valence-corrected chi connectivity index (χ1v) is 9.48. The van der Waals surface area contributed by atoms with Crippen molar-refractivity contribution < 1.29 is 13.6 Å². The van der Waals surface area contributed by atoms with Gasteiger partial charge in [0.25, 0.3) is 5.22 Å². The largest absolute Gasteiger partial charge is 0.431 e. The fourth-order valence-electron chi connectivity index (χ4n) is 3.15. The van der Waals surface area contributed by atoms with Crippen LogP contribution in [0.3, 0.4) is 0 Å². The number of fused-ring (bicyclic) bond motifs is 1. The Bertz CT molecular complexity index is 1100. The Hall–Kier alpha value is -2.86. The molecule has 0 aliphatic heterocycles. The number of ketones is 1. The molecule has 0 aliphatic rings. The van der Waals surface area contributed by atoms with Gasteiger partial charge in [0.15, 0.2) is 11.4 Å². The topological polar surface area (TPSA) is 48.0 Å². The molecule has 6 heteroatoms. The molecule has 2 aromatic heterocycles. The van der Waals surface area contributed by atoms with E-state index in [0.29, 0.717) is 16.4 Å². The molecule has 0 N–H and O–H groups in total. The van der Waals surface area contributed by atoms with Crippen LogP contribution < -0.4 is 0 Å². The summed E-state index contributed by atoms with van der Waals surface area (Å²) < 4.78 is 20.8. The molecule has 4 aromatic rings. The summed E-state index contributed by atoms with van der Waals surface area (Å²) in [6.07, 6.45) is 0. The monoisotopic (exact) mass is 380 g/mol. The van der Waals surface area contributed by atoms with Gasteiger partial charge >= 0.3 is 0 Å². The number of carbonyl (C=O) groups is 1. The van der Waals surface area contributed by atoms with Crippen molar-refractivity contribution in [2.24, 2.45) is 0 Å². The Labute approximate surface area is 160 Å². The van der Waals surface area contributed by atoms with Crippen molar-refractivity contribution in [1.29, 1.82) is 0 Å². The standard InChI is InChI=1S/C21H17FN2O2S/c1-13-11-17(14(2)24(13)16-9-7-15(22)8-10-16)19(25)12-27-21-23-18-5-3-4-6-20(18)26-21/h3-11H,12H2,1-2H3. The Morgan fingerprint density at radius 3 is 2.63 bits per heavy atom. The quantitative estimate of drug-likeness (QED) is 0.346. The lowest BCUT2D eigenvalue weighted by atomic mass is 10.2. The number of aromatic nitrogens is 2. The zero-order valence-electron chi connectivity index (χ0n) is 14.9. The molecule has 0 unspecified atom stereocenters. The predicted molar refractivity (Wildman–Crippen MR) is 104 cm³/mol. The van der Waals surface area contributed by atoms with E-state index in [1.165, 1.54) is 23.9 Å². The van der Waals surface area contributed by atoms with Crippen molar-refractivity contribution in [2.45, 2.75) is 19.1 Å². The number of benzene rings is 2. The van der Waals surface area contributed by atoms with Crippen LogP contribution in [0.2, 0.25) is 0 Å². The molecule has 2 heterocycles. The highest BCUT2D eigenvalue weighted by Crippen LogP contribution is 2.26. The Morgan fingerprint density at radius 1 is 1.15 bits per heavy atom. The Balaban J connectivity index is 1.55. The third-order valence-corrected chi connectivity index (χ3v) is 5.25. The summed E-state index contributed by atoms with van der Waals surface area (Å²) >= 11 is 1.28. The highest BCUT2D eigenvalue weighted by molar-refractivity contribution is 7.99. The molecule has 136 valence electrons. The van der Waals surface area contributed by atoms with Gasteiger partial charge < -0.3 is 8.98 Å². The first-order chi connectivity index (χ1) is 13.0. The number of para-hydroxylation sites is 2. The first-order valence-electron chi connectivity index (χ1n) is 8.49. The molecule has 0 aliphatic carbocycles. The van der Waals surface area contributed by atoms with E-state index < -0.39 is 0 Å². The summed E-state index contributed by atoms with van der Waals surface area (Å²) in [5.74, 6) is -0.0449. The maximum absolute atomic E-state index is 13.2. The van der Waals surface area contributed by atoms with Crippen LogP contribution in [0.1, 0.15) is 21.7 Å². The number of nitrogens with zero attached hydrogens (tertiary/aromatic N) is 2. The van der Waals surface area contributed by atoms with Gasteiger partial charge in [0.2, 0.25) is 0 Å². The van der Waals surface area contributed by atoms with Crippen LogP contribution in [0.5, 0.6) is 0 Å². The molecule has 27 heavy (non-hydrogen) atoms. The average molecular weight is 380 g/mol. The number of oxazole rings is 1. The molecule has 0 bridgehead atoms. The summed E-state index contributed by atoms with van der Waals surface area (Å²) in [4.78, 5) is 17.1. The molecular formula is C21H17FN2O2S. The number of thioether (sulfide) groups is 1. The predicted octanol–water partition coefficient (Wildman–Crippen LogP) is 5.35. The van der Waals surface area contributed by atoms with Gasteiger partial charge in [0.1, 0.15) is 11.3 Å². The molecule has 0 amide bonds. The normalized spacial score (nSPS) is 11.2. The van der Waals surface area contributed by atoms with Gasteiger partial charge in [-0.2, -0.15) is 0 Å². The minimum atomic E-state index is -0.285. The molecule has 2 aromatic carbocycles. The summed E-state index contributed by atoms with van der Waals surface area (Å²) in [6, 6.07) is 15.6. The van der Waals surface area contributed by atoms with E-state index >= 15 is 0 Å². The number of Topliss-reactive ketones (excluding diaryl/α,β-unsaturated/α-hetero) is 1. The van der Waals surface area contributed by atoms with Crippen molar-refractivity contribution >= 4 is 28.6 Å². The van der Waals surface area contributed by atoms with Crippen LogP contribution in [-0.4, -0.2) is 21.1 Å². The van der Waals surface area contributed by atoms with E-state index in [1.807, 2.05) is 48.7 Å². The van der Waals surface area contributed by atoms with Crippen LogP contribution >= 0.6 is 11.8 Å². The fraction of sp³-hybridized carbons (Fsp3) is 0.143. The maximum Gasteiger partial charge on any atom is 0.257 e. The Kier molecular flexibility index (Phi) is 4.58. The molecule has 4 nitrogen and oxygen atoms in total. The summed E-state index contributed by atoms with van der Waals surface area (Å²) in [6.45, 7) is 3.83. The smallest absolute Gasteiger partial charge is 0.257 e. The lowest BCUT2D eigenvalue weighted by molar-refractivity contribution is 0.102. The van der Waals surface area contributed by atoms with Crippen LogP contribution in [0.4, 0.5) is 4.39 Å². The highest BCUT2D eigenvalue weighted by atomic mass is 32.2. The molecular weight excluding hydrogens is 363 g/mol. The van der Waals surface area contributed by atoms with E-state index in [0.717, 1.165) is 22.6 Å². The van der Waals surface area contributed by atoms with Gasteiger partial charge in [-0.1, -0.05) is 23.9 Å². The van der Waals surface area contributed by atoms with Crippen LogP contribution in [0.15, 0.2) is 64.2 Å². The number of carbonyl (C=O) groups excluding carboxylic acids is 1. The molecule has 0 spiro atoms. The summed E-state index contributed by atoms with van der Waals surface area (Å²) in [7, 11) is 0. The minimum Gasteiger partial charge on any atom is -0.431 e. The van der Waals surface area contributed by atoms with Crippen molar-refractivity contribution in [2.75, 3.05) is 5.75 Å². The van der Waals surface area contributed by atoms with Crippen molar-refractivity contribution in [3.63, 3.8) is 0 Å². The van der Waals surface area contributed by atoms with Gasteiger partial charge in [-0.3, -0.25) is 4.79 Å². The highest BCUT2D eigenvalue weighted by Gasteiger charge is 2.18. The van der Waals surface area contributed by atoms with Gasteiger partial charge in [0.05, 0.1) is 5.75 Å². The van der Waals surface area contributed by atoms with E-state index in [4.69, 9.17) is 4.42 Å². The van der Waals surface area contributed by atoms with Crippen molar-refractivity contribution in [3.05, 3.63) is 77.4 Å². The fourth-order valence-corrected chi connectivity index (χ4v) is 3.87. The zero-order valence-corrected chi connectivity index (χ0v) is 15.7. The lowest BCUT2D eigenvalue weighted by Gasteiger charge is -2.09. The SMILES string of the molecule is Cc1cc(C(=O)CSc2nc3ccccc3o2)c(C)n1-c1ccc(F)cc1. The number of aryl methyl sites for hydroxylation is 1.